The first kappa shape index (κ1) is 10.2. The van der Waals surface area contributed by atoms with E-state index in [-0.39, 0.29) is 12.0 Å². The molecule has 80 valence electrons. The first-order valence-corrected chi connectivity index (χ1v) is 5.19. The van der Waals surface area contributed by atoms with Crippen LogP contribution in [0.25, 0.3) is 0 Å². The average molecular weight is 205 g/mol. The van der Waals surface area contributed by atoms with Crippen LogP contribution in [0.5, 0.6) is 0 Å². The summed E-state index contributed by atoms with van der Waals surface area (Å²) in [6.07, 6.45) is 2.04. The minimum absolute atomic E-state index is 0.156. The highest BCUT2D eigenvalue weighted by Crippen LogP contribution is 2.31. The van der Waals surface area contributed by atoms with E-state index in [2.05, 4.69) is 30.6 Å². The fraction of sp³-hybridized carbons (Fsp3) is 0.417. The van der Waals surface area contributed by atoms with Crippen molar-refractivity contribution in [3.63, 3.8) is 0 Å². The zero-order valence-corrected chi connectivity index (χ0v) is 9.04. The second-order valence-corrected chi connectivity index (χ2v) is 4.01. The Morgan fingerprint density at radius 1 is 1.53 bits per heavy atom. The van der Waals surface area contributed by atoms with Gasteiger partial charge in [-0.1, -0.05) is 23.8 Å². The fourth-order valence-corrected chi connectivity index (χ4v) is 2.00. The van der Waals surface area contributed by atoms with Crippen molar-refractivity contribution in [3.8, 4) is 0 Å². The molecule has 0 heterocycles. The average Bonchev–Trinajstić information content (AvgIpc) is 2.57. The summed E-state index contributed by atoms with van der Waals surface area (Å²) < 4.78 is 0. The molecule has 0 fully saturated rings. The standard InChI is InChI=1S/C12H15NO2/c1-8-3-4-10-5-6-12(11(10)7-8)13-15-9(2)14/h3-4,7,12-13H,5-6H2,1-2H3. The first-order chi connectivity index (χ1) is 7.16. The number of fused-ring (bicyclic) bond motifs is 1. The first-order valence-electron chi connectivity index (χ1n) is 5.19. The van der Waals surface area contributed by atoms with Crippen molar-refractivity contribution in [1.82, 2.24) is 5.48 Å². The number of hydrogen-bond acceptors (Lipinski definition) is 3. The second kappa shape index (κ2) is 4.03. The van der Waals surface area contributed by atoms with Gasteiger partial charge < -0.3 is 4.84 Å². The predicted octanol–water partition coefficient (Wildman–Crippen LogP) is 2.05. The fourth-order valence-electron chi connectivity index (χ4n) is 2.00. The normalized spacial score (nSPS) is 18.7. The predicted molar refractivity (Wildman–Crippen MR) is 57.1 cm³/mol. The number of aryl methyl sites for hydroxylation is 2. The SMILES string of the molecule is CC(=O)ONC1CCc2ccc(C)cc21. The summed E-state index contributed by atoms with van der Waals surface area (Å²) in [6.45, 7) is 3.47. The van der Waals surface area contributed by atoms with Crippen LogP contribution in [-0.2, 0) is 16.1 Å². The van der Waals surface area contributed by atoms with E-state index in [1.165, 1.54) is 23.6 Å². The molecule has 0 aliphatic heterocycles. The maximum absolute atomic E-state index is 10.7. The van der Waals surface area contributed by atoms with Crippen molar-refractivity contribution in [2.24, 2.45) is 0 Å². The summed E-state index contributed by atoms with van der Waals surface area (Å²) in [6, 6.07) is 6.58. The van der Waals surface area contributed by atoms with Gasteiger partial charge in [0.25, 0.3) is 0 Å². The van der Waals surface area contributed by atoms with Gasteiger partial charge in [0.1, 0.15) is 0 Å². The van der Waals surface area contributed by atoms with Gasteiger partial charge in [-0.05, 0) is 30.9 Å². The van der Waals surface area contributed by atoms with Crippen molar-refractivity contribution in [2.75, 3.05) is 0 Å². The van der Waals surface area contributed by atoms with Crippen LogP contribution >= 0.6 is 0 Å². The molecule has 0 bridgehead atoms. The van der Waals surface area contributed by atoms with Crippen LogP contribution in [0, 0.1) is 6.92 Å². The van der Waals surface area contributed by atoms with Gasteiger partial charge in [-0.25, -0.2) is 0 Å². The highest BCUT2D eigenvalue weighted by Gasteiger charge is 2.22. The zero-order valence-electron chi connectivity index (χ0n) is 9.04. The molecule has 1 unspecified atom stereocenters. The summed E-state index contributed by atoms with van der Waals surface area (Å²) >= 11 is 0. The smallest absolute Gasteiger partial charge is 0.321 e. The highest BCUT2D eigenvalue weighted by molar-refractivity contribution is 5.65. The molecule has 15 heavy (non-hydrogen) atoms. The molecule has 0 saturated carbocycles. The van der Waals surface area contributed by atoms with E-state index >= 15 is 0 Å². The molecule has 0 amide bonds. The number of benzene rings is 1. The summed E-state index contributed by atoms with van der Waals surface area (Å²) in [4.78, 5) is 15.5. The second-order valence-electron chi connectivity index (χ2n) is 4.01. The van der Waals surface area contributed by atoms with Crippen molar-refractivity contribution in [1.29, 1.82) is 0 Å². The Hall–Kier alpha value is -1.35. The van der Waals surface area contributed by atoms with Crippen molar-refractivity contribution < 1.29 is 9.63 Å². The van der Waals surface area contributed by atoms with Crippen LogP contribution in [0.15, 0.2) is 18.2 Å². The molecular weight excluding hydrogens is 190 g/mol. The van der Waals surface area contributed by atoms with Crippen LogP contribution in [0.4, 0.5) is 0 Å². The van der Waals surface area contributed by atoms with Crippen LogP contribution in [0.3, 0.4) is 0 Å². The molecule has 1 N–H and O–H groups in total. The van der Waals surface area contributed by atoms with E-state index in [1.54, 1.807) is 0 Å². The topological polar surface area (TPSA) is 38.3 Å². The maximum Gasteiger partial charge on any atom is 0.321 e. The van der Waals surface area contributed by atoms with Gasteiger partial charge in [-0.3, -0.25) is 4.79 Å². The third-order valence-corrected chi connectivity index (χ3v) is 2.72. The number of rotatable bonds is 2. The molecule has 1 aliphatic carbocycles. The Morgan fingerprint density at radius 3 is 3.07 bits per heavy atom. The van der Waals surface area contributed by atoms with Gasteiger partial charge in [0.05, 0.1) is 6.04 Å². The third kappa shape index (κ3) is 2.18. The molecule has 1 aliphatic rings. The lowest BCUT2D eigenvalue weighted by atomic mass is 10.1. The summed E-state index contributed by atoms with van der Waals surface area (Å²) in [7, 11) is 0. The van der Waals surface area contributed by atoms with Gasteiger partial charge in [0, 0.05) is 6.92 Å². The molecule has 1 aromatic carbocycles. The Labute approximate surface area is 89.4 Å². The minimum atomic E-state index is -0.295. The van der Waals surface area contributed by atoms with E-state index in [0.717, 1.165) is 12.8 Å². The molecular formula is C12H15NO2. The summed E-state index contributed by atoms with van der Waals surface area (Å²) in [5, 5.41) is 0. The molecule has 3 heteroatoms. The lowest BCUT2D eigenvalue weighted by molar-refractivity contribution is -0.150. The van der Waals surface area contributed by atoms with Gasteiger partial charge in [-0.15, -0.1) is 5.48 Å². The molecule has 1 atom stereocenters. The quantitative estimate of drug-likeness (QED) is 0.751. The van der Waals surface area contributed by atoms with Gasteiger partial charge in [0.15, 0.2) is 0 Å². The van der Waals surface area contributed by atoms with Gasteiger partial charge in [0.2, 0.25) is 0 Å². The van der Waals surface area contributed by atoms with Crippen molar-refractivity contribution >= 4 is 5.97 Å². The van der Waals surface area contributed by atoms with Crippen LogP contribution < -0.4 is 5.48 Å². The van der Waals surface area contributed by atoms with E-state index in [9.17, 15) is 4.79 Å². The molecule has 1 aromatic rings. The lowest BCUT2D eigenvalue weighted by Crippen LogP contribution is -2.22. The van der Waals surface area contributed by atoms with Crippen molar-refractivity contribution in [2.45, 2.75) is 32.7 Å². The Morgan fingerprint density at radius 2 is 2.33 bits per heavy atom. The van der Waals surface area contributed by atoms with Crippen LogP contribution in [0.1, 0.15) is 36.1 Å². The van der Waals surface area contributed by atoms with E-state index < -0.39 is 0 Å². The number of carbonyl (C=O) groups is 1. The monoisotopic (exact) mass is 205 g/mol. The number of hydroxylamine groups is 1. The molecule has 3 nitrogen and oxygen atoms in total. The largest absolute Gasteiger partial charge is 0.370 e. The van der Waals surface area contributed by atoms with Crippen LogP contribution in [0.2, 0.25) is 0 Å². The molecule has 0 aromatic heterocycles. The number of hydrogen-bond donors (Lipinski definition) is 1. The Bertz CT molecular complexity index is 387. The molecule has 2 rings (SSSR count). The third-order valence-electron chi connectivity index (χ3n) is 2.72. The maximum atomic E-state index is 10.7. The summed E-state index contributed by atoms with van der Waals surface area (Å²) in [5.41, 5.74) is 6.67. The number of nitrogens with one attached hydrogen (secondary N) is 1. The number of carbonyl (C=O) groups excluding carboxylic acids is 1. The lowest BCUT2D eigenvalue weighted by Gasteiger charge is -2.12. The Balaban J connectivity index is 2.13. The van der Waals surface area contributed by atoms with Crippen LogP contribution in [-0.4, -0.2) is 5.97 Å². The van der Waals surface area contributed by atoms with E-state index in [0.29, 0.717) is 0 Å². The molecule has 0 radical (unpaired) electrons. The van der Waals surface area contributed by atoms with Gasteiger partial charge >= 0.3 is 5.97 Å². The van der Waals surface area contributed by atoms with E-state index in [4.69, 9.17) is 4.84 Å². The van der Waals surface area contributed by atoms with Crippen molar-refractivity contribution in [3.05, 3.63) is 34.9 Å². The zero-order chi connectivity index (χ0) is 10.8. The molecule has 0 saturated heterocycles. The highest BCUT2D eigenvalue weighted by atomic mass is 16.7. The Kier molecular flexibility index (Phi) is 2.73. The summed E-state index contributed by atoms with van der Waals surface area (Å²) in [5.74, 6) is -0.295. The molecule has 0 spiro atoms. The van der Waals surface area contributed by atoms with E-state index in [1.807, 2.05) is 0 Å². The van der Waals surface area contributed by atoms with Gasteiger partial charge in [-0.2, -0.15) is 0 Å². The minimum Gasteiger partial charge on any atom is -0.370 e.